The summed E-state index contributed by atoms with van der Waals surface area (Å²) in [5, 5.41) is 1.02. The maximum atomic E-state index is 13.9. The zero-order valence-corrected chi connectivity index (χ0v) is 26.9. The van der Waals surface area contributed by atoms with E-state index in [9.17, 15) is 13.2 Å². The van der Waals surface area contributed by atoms with Crippen molar-refractivity contribution >= 4 is 55.8 Å². The second kappa shape index (κ2) is 12.6. The molecule has 5 rings (SSSR count). The molecule has 0 aliphatic carbocycles. The van der Waals surface area contributed by atoms with Crippen LogP contribution in [0.25, 0.3) is 28.1 Å². The number of carbonyl (C=O) groups is 1. The van der Waals surface area contributed by atoms with E-state index in [0.717, 1.165) is 26.6 Å². The van der Waals surface area contributed by atoms with Crippen LogP contribution in [0.3, 0.4) is 0 Å². The third kappa shape index (κ3) is 6.91. The molecule has 44 heavy (non-hydrogen) atoms. The topological polar surface area (TPSA) is 109 Å². The first-order valence-corrected chi connectivity index (χ1v) is 15.9. The van der Waals surface area contributed by atoms with Crippen molar-refractivity contribution in [3.05, 3.63) is 89.4 Å². The van der Waals surface area contributed by atoms with Gasteiger partial charge in [0.2, 0.25) is 0 Å². The molecular weight excluding hydrogens is 625 g/mol. The number of sulfonamides is 1. The van der Waals surface area contributed by atoms with E-state index in [0.29, 0.717) is 19.2 Å². The quantitative estimate of drug-likeness (QED) is 0.154. The van der Waals surface area contributed by atoms with Gasteiger partial charge in [0.05, 0.1) is 16.1 Å². The predicted molar refractivity (Wildman–Crippen MR) is 171 cm³/mol. The van der Waals surface area contributed by atoms with Crippen LogP contribution >= 0.6 is 23.2 Å². The summed E-state index contributed by atoms with van der Waals surface area (Å²) in [4.78, 5) is 21.8. The first-order chi connectivity index (χ1) is 20.9. The molecule has 2 aromatic carbocycles. The molecule has 0 saturated heterocycles. The van der Waals surface area contributed by atoms with Gasteiger partial charge in [0.25, 0.3) is 10.0 Å². The summed E-state index contributed by atoms with van der Waals surface area (Å²) in [6.07, 6.45) is 7.12. The molecule has 0 atom stereocenters. The lowest BCUT2D eigenvalue weighted by atomic mass is 10.2. The number of hydrogen-bond donors (Lipinski definition) is 0. The van der Waals surface area contributed by atoms with Crippen molar-refractivity contribution < 1.29 is 22.7 Å². The van der Waals surface area contributed by atoms with Gasteiger partial charge in [-0.3, -0.25) is 9.10 Å². The van der Waals surface area contributed by atoms with Crippen LogP contribution in [0.5, 0.6) is 0 Å². The van der Waals surface area contributed by atoms with Gasteiger partial charge in [-0.1, -0.05) is 23.2 Å². The molecule has 0 saturated carbocycles. The zero-order valence-electron chi connectivity index (χ0n) is 24.6. The average Bonchev–Trinajstić information content (AvgIpc) is 3.60. The summed E-state index contributed by atoms with van der Waals surface area (Å²) in [7, 11) is -4.28. The van der Waals surface area contributed by atoms with Gasteiger partial charge in [-0.05, 0) is 82.3 Å². The minimum atomic E-state index is -4.28. The molecule has 0 aliphatic rings. The van der Waals surface area contributed by atoms with Crippen molar-refractivity contribution in [1.82, 2.24) is 19.1 Å². The number of rotatable bonds is 10. The number of imidazole rings is 1. The third-order valence-corrected chi connectivity index (χ3v) is 8.67. The first kappa shape index (κ1) is 31.5. The molecule has 5 aromatic rings. The number of benzene rings is 2. The Morgan fingerprint density at radius 3 is 2.41 bits per heavy atom. The van der Waals surface area contributed by atoms with Crippen molar-refractivity contribution in [2.75, 3.05) is 17.5 Å². The number of carbonyl (C=O) groups excluding carboxylic acids is 1. The van der Waals surface area contributed by atoms with Crippen LogP contribution in [-0.4, -0.2) is 52.2 Å². The minimum absolute atomic E-state index is 0.149. The SMILES string of the molecule is CCOCn1ccnc1-c1ccnc(-n2ccc3cc(N(CC(=O)OC(C)(C)C)S(=O)(=O)c4cc(Cl)cc(Cl)c4)ccc32)c1. The van der Waals surface area contributed by atoms with E-state index < -0.39 is 28.1 Å². The fraction of sp³-hybridized carbons (Fsp3) is 0.258. The van der Waals surface area contributed by atoms with Gasteiger partial charge in [-0.15, -0.1) is 0 Å². The number of fused-ring (bicyclic) bond motifs is 1. The molecule has 0 spiro atoms. The van der Waals surface area contributed by atoms with Crippen LogP contribution in [0.2, 0.25) is 10.0 Å². The molecule has 0 amide bonds. The summed E-state index contributed by atoms with van der Waals surface area (Å²) < 4.78 is 43.6. The second-order valence-corrected chi connectivity index (χ2v) is 13.6. The van der Waals surface area contributed by atoms with E-state index in [2.05, 4.69) is 9.97 Å². The van der Waals surface area contributed by atoms with Gasteiger partial charge < -0.3 is 18.6 Å². The highest BCUT2D eigenvalue weighted by molar-refractivity contribution is 7.92. The number of anilines is 1. The number of esters is 1. The summed E-state index contributed by atoms with van der Waals surface area (Å²) >= 11 is 12.3. The highest BCUT2D eigenvalue weighted by Gasteiger charge is 2.30. The maximum absolute atomic E-state index is 13.9. The van der Waals surface area contributed by atoms with E-state index in [4.69, 9.17) is 32.7 Å². The van der Waals surface area contributed by atoms with Crippen molar-refractivity contribution in [1.29, 1.82) is 0 Å². The highest BCUT2D eigenvalue weighted by atomic mass is 35.5. The molecule has 3 aromatic heterocycles. The summed E-state index contributed by atoms with van der Waals surface area (Å²) in [5.74, 6) is 0.670. The number of hydrogen-bond acceptors (Lipinski definition) is 7. The highest BCUT2D eigenvalue weighted by Crippen LogP contribution is 2.32. The van der Waals surface area contributed by atoms with Crippen LogP contribution in [0, 0.1) is 0 Å². The number of pyridine rings is 1. The average molecular weight is 657 g/mol. The second-order valence-electron chi connectivity index (χ2n) is 10.9. The Kier molecular flexibility index (Phi) is 9.03. The number of halogens is 2. The van der Waals surface area contributed by atoms with Crippen molar-refractivity contribution in [3.8, 4) is 17.2 Å². The molecule has 0 fully saturated rings. The van der Waals surface area contributed by atoms with Crippen molar-refractivity contribution in [3.63, 3.8) is 0 Å². The molecule has 13 heteroatoms. The smallest absolute Gasteiger partial charge is 0.327 e. The van der Waals surface area contributed by atoms with Crippen molar-refractivity contribution in [2.45, 2.75) is 44.9 Å². The molecule has 0 radical (unpaired) electrons. The summed E-state index contributed by atoms with van der Waals surface area (Å²) in [5.41, 5.74) is 1.08. The van der Waals surface area contributed by atoms with Crippen LogP contribution in [0.15, 0.2) is 84.3 Å². The van der Waals surface area contributed by atoms with Gasteiger partial charge in [0.15, 0.2) is 0 Å². The van der Waals surface area contributed by atoms with Gasteiger partial charge >= 0.3 is 5.97 Å². The lowest BCUT2D eigenvalue weighted by Crippen LogP contribution is -2.39. The Morgan fingerprint density at radius 2 is 1.70 bits per heavy atom. The number of nitrogens with zero attached hydrogens (tertiary/aromatic N) is 5. The van der Waals surface area contributed by atoms with Gasteiger partial charge in [0.1, 0.15) is 30.5 Å². The van der Waals surface area contributed by atoms with E-state index in [1.165, 1.54) is 18.2 Å². The third-order valence-electron chi connectivity index (χ3n) is 6.48. The van der Waals surface area contributed by atoms with Crippen LogP contribution in [0.4, 0.5) is 5.69 Å². The lowest BCUT2D eigenvalue weighted by Gasteiger charge is -2.26. The lowest BCUT2D eigenvalue weighted by molar-refractivity contribution is -0.152. The van der Waals surface area contributed by atoms with E-state index in [1.807, 2.05) is 46.7 Å². The molecular formula is C31H31Cl2N5O5S. The van der Waals surface area contributed by atoms with Crippen LogP contribution in [0.1, 0.15) is 27.7 Å². The predicted octanol–water partition coefficient (Wildman–Crippen LogP) is 6.73. The molecule has 0 aliphatic heterocycles. The van der Waals surface area contributed by atoms with E-state index in [-0.39, 0.29) is 20.6 Å². The van der Waals surface area contributed by atoms with E-state index in [1.54, 1.807) is 51.4 Å². The Bertz CT molecular complexity index is 1910. The zero-order chi connectivity index (χ0) is 31.6. The van der Waals surface area contributed by atoms with Gasteiger partial charge in [0, 0.05) is 52.4 Å². The fourth-order valence-electron chi connectivity index (χ4n) is 4.65. The van der Waals surface area contributed by atoms with Crippen molar-refractivity contribution in [2.24, 2.45) is 0 Å². The Balaban J connectivity index is 1.54. The molecule has 10 nitrogen and oxygen atoms in total. The number of aromatic nitrogens is 4. The molecule has 3 heterocycles. The molecule has 0 N–H and O–H groups in total. The minimum Gasteiger partial charge on any atom is -0.459 e. The molecule has 0 unspecified atom stereocenters. The summed E-state index contributed by atoms with van der Waals surface area (Å²) in [6, 6.07) is 14.8. The van der Waals surface area contributed by atoms with Crippen LogP contribution in [-0.2, 0) is 31.0 Å². The number of ether oxygens (including phenoxy) is 2. The van der Waals surface area contributed by atoms with Crippen LogP contribution < -0.4 is 4.31 Å². The molecule has 230 valence electrons. The van der Waals surface area contributed by atoms with Gasteiger partial charge in [-0.25, -0.2) is 18.4 Å². The summed E-state index contributed by atoms with van der Waals surface area (Å²) in [6.45, 7) is 7.47. The monoisotopic (exact) mass is 655 g/mol. The Hall–Kier alpha value is -3.90. The molecule has 0 bridgehead atoms. The standard InChI is InChI=1S/C31H31Cl2N5O5S/c1-5-42-20-36-13-11-35-30(36)22-8-10-34-28(15-22)37-12-9-21-14-25(6-7-27(21)37)38(19-29(39)43-31(2,3)4)44(40,41)26-17-23(32)16-24(33)18-26/h6-18H,5,19-20H2,1-4H3. The maximum Gasteiger partial charge on any atom is 0.327 e. The van der Waals surface area contributed by atoms with E-state index >= 15 is 0 Å². The normalized spacial score (nSPS) is 12.0. The fourth-order valence-corrected chi connectivity index (χ4v) is 6.78. The first-order valence-electron chi connectivity index (χ1n) is 13.7. The largest absolute Gasteiger partial charge is 0.459 e. The van der Waals surface area contributed by atoms with Gasteiger partial charge in [-0.2, -0.15) is 0 Å². The Morgan fingerprint density at radius 1 is 0.955 bits per heavy atom. The Labute approximate surface area is 265 Å².